The Kier molecular flexibility index (Phi) is 5.66. The van der Waals surface area contributed by atoms with E-state index in [0.29, 0.717) is 16.9 Å². The number of nitro groups is 1. The predicted molar refractivity (Wildman–Crippen MR) is 97.6 cm³/mol. The highest BCUT2D eigenvalue weighted by atomic mass is 32.2. The molecule has 0 saturated carbocycles. The van der Waals surface area contributed by atoms with E-state index in [4.69, 9.17) is 15.2 Å². The summed E-state index contributed by atoms with van der Waals surface area (Å²) in [5.74, 6) is -1.28. The summed E-state index contributed by atoms with van der Waals surface area (Å²) < 4.78 is 10.3. The smallest absolute Gasteiger partial charge is 0.355 e. The second-order valence-corrected chi connectivity index (χ2v) is 7.27. The highest BCUT2D eigenvalue weighted by molar-refractivity contribution is 8.00. The number of nitro benzene ring substituents is 1. The quantitative estimate of drug-likeness (QED) is 0.312. The van der Waals surface area contributed by atoms with Crippen molar-refractivity contribution in [1.29, 1.82) is 0 Å². The van der Waals surface area contributed by atoms with E-state index >= 15 is 0 Å². The first kappa shape index (κ1) is 19.8. The standard InChI is InChI=1S/C17H17N3O7S/c1-9(21)26-7-11-8-28-16-13(18)15(22)19(16)14(11)17(23)27-6-10-2-4-12(5-3-10)20(24)25/h2-5,13,16H,6-8,18H2,1H3/t13-,16-/m1/s1. The van der Waals surface area contributed by atoms with Gasteiger partial charge in [0.1, 0.15) is 30.3 Å². The van der Waals surface area contributed by atoms with E-state index in [1.165, 1.54) is 47.9 Å². The molecule has 2 aliphatic heterocycles. The van der Waals surface area contributed by atoms with Gasteiger partial charge in [0.05, 0.1) is 4.92 Å². The van der Waals surface area contributed by atoms with Gasteiger partial charge in [-0.05, 0) is 17.7 Å². The van der Waals surface area contributed by atoms with Crippen molar-refractivity contribution in [1.82, 2.24) is 4.90 Å². The summed E-state index contributed by atoms with van der Waals surface area (Å²) in [6, 6.07) is 4.87. The molecule has 0 unspecified atom stereocenters. The molecule has 0 bridgehead atoms. The van der Waals surface area contributed by atoms with Crippen molar-refractivity contribution in [2.45, 2.75) is 24.9 Å². The molecule has 1 amide bonds. The summed E-state index contributed by atoms with van der Waals surface area (Å²) in [4.78, 5) is 47.4. The molecule has 0 aromatic heterocycles. The van der Waals surface area contributed by atoms with Crippen molar-refractivity contribution < 1.29 is 28.8 Å². The number of ether oxygens (including phenoxy) is 2. The number of hydrogen-bond acceptors (Lipinski definition) is 9. The molecule has 28 heavy (non-hydrogen) atoms. The monoisotopic (exact) mass is 407 g/mol. The zero-order valence-corrected chi connectivity index (χ0v) is 15.6. The molecule has 0 spiro atoms. The van der Waals surface area contributed by atoms with E-state index < -0.39 is 28.8 Å². The normalized spacial score (nSPS) is 20.9. The molecule has 1 aromatic rings. The number of carbonyl (C=O) groups is 3. The zero-order valence-electron chi connectivity index (χ0n) is 14.8. The Balaban J connectivity index is 1.75. The Hall–Kier alpha value is -2.92. The third-order valence-electron chi connectivity index (χ3n) is 4.25. The molecule has 1 aromatic carbocycles. The van der Waals surface area contributed by atoms with Gasteiger partial charge in [0.15, 0.2) is 0 Å². The lowest BCUT2D eigenvalue weighted by Gasteiger charge is -2.48. The minimum absolute atomic E-state index is 0.0404. The maximum Gasteiger partial charge on any atom is 0.355 e. The maximum atomic E-state index is 12.7. The largest absolute Gasteiger partial charge is 0.461 e. The Bertz CT molecular complexity index is 868. The first-order valence-corrected chi connectivity index (χ1v) is 9.30. The average molecular weight is 407 g/mol. The fraction of sp³-hybridized carbons (Fsp3) is 0.353. The van der Waals surface area contributed by atoms with Gasteiger partial charge in [-0.15, -0.1) is 11.8 Å². The van der Waals surface area contributed by atoms with Crippen LogP contribution in [-0.4, -0.2) is 51.4 Å². The Morgan fingerprint density at radius 1 is 1.29 bits per heavy atom. The third-order valence-corrected chi connectivity index (χ3v) is 5.61. The zero-order chi connectivity index (χ0) is 20.4. The van der Waals surface area contributed by atoms with Crippen molar-refractivity contribution in [2.75, 3.05) is 12.4 Å². The van der Waals surface area contributed by atoms with Gasteiger partial charge < -0.3 is 15.2 Å². The molecule has 1 saturated heterocycles. The lowest BCUT2D eigenvalue weighted by Crippen LogP contribution is -2.68. The van der Waals surface area contributed by atoms with Crippen LogP contribution in [0.15, 0.2) is 35.5 Å². The molecule has 0 aliphatic carbocycles. The number of non-ortho nitro benzene ring substituents is 1. The number of rotatable bonds is 6. The van der Waals surface area contributed by atoms with Gasteiger partial charge in [-0.2, -0.15) is 0 Å². The van der Waals surface area contributed by atoms with Crippen molar-refractivity contribution in [3.05, 3.63) is 51.2 Å². The van der Waals surface area contributed by atoms with Crippen molar-refractivity contribution in [3.8, 4) is 0 Å². The van der Waals surface area contributed by atoms with Crippen LogP contribution in [0.1, 0.15) is 12.5 Å². The number of esters is 2. The highest BCUT2D eigenvalue weighted by Crippen LogP contribution is 2.39. The number of fused-ring (bicyclic) bond motifs is 1. The highest BCUT2D eigenvalue weighted by Gasteiger charge is 2.52. The molecular weight excluding hydrogens is 390 g/mol. The molecule has 148 valence electrons. The number of hydrogen-bond donors (Lipinski definition) is 1. The Morgan fingerprint density at radius 2 is 1.96 bits per heavy atom. The second-order valence-electron chi connectivity index (χ2n) is 6.17. The van der Waals surface area contributed by atoms with E-state index in [9.17, 15) is 24.5 Å². The predicted octanol–water partition coefficient (Wildman–Crippen LogP) is 0.698. The van der Waals surface area contributed by atoms with Crippen LogP contribution >= 0.6 is 11.8 Å². The van der Waals surface area contributed by atoms with Crippen LogP contribution in [0.2, 0.25) is 0 Å². The van der Waals surface area contributed by atoms with E-state index in [1.807, 2.05) is 0 Å². The van der Waals surface area contributed by atoms with Gasteiger partial charge in [0, 0.05) is 30.4 Å². The molecule has 2 heterocycles. The fourth-order valence-corrected chi connectivity index (χ4v) is 4.07. The van der Waals surface area contributed by atoms with Gasteiger partial charge >= 0.3 is 11.9 Å². The van der Waals surface area contributed by atoms with Crippen LogP contribution in [0, 0.1) is 10.1 Å². The van der Waals surface area contributed by atoms with E-state index in [0.717, 1.165) is 0 Å². The van der Waals surface area contributed by atoms with Crippen LogP contribution in [0.25, 0.3) is 0 Å². The SMILES string of the molecule is CC(=O)OCC1=C(C(=O)OCc2ccc([N+](=O)[O-])cc2)N2C(=O)[C@@H](N)[C@H]2SC1. The summed E-state index contributed by atoms with van der Waals surface area (Å²) in [5.41, 5.74) is 6.76. The summed E-state index contributed by atoms with van der Waals surface area (Å²) >= 11 is 1.38. The number of amides is 1. The molecule has 11 heteroatoms. The number of nitrogens with two attached hydrogens (primary N) is 1. The van der Waals surface area contributed by atoms with Crippen LogP contribution in [-0.2, 0) is 30.5 Å². The first-order valence-electron chi connectivity index (χ1n) is 8.25. The van der Waals surface area contributed by atoms with Crippen LogP contribution in [0.3, 0.4) is 0 Å². The number of β-lactam (4-membered cyclic amide) rings is 1. The molecule has 0 radical (unpaired) electrons. The summed E-state index contributed by atoms with van der Waals surface area (Å²) in [5, 5.41) is 10.3. The molecule has 2 atom stereocenters. The first-order chi connectivity index (χ1) is 13.3. The van der Waals surface area contributed by atoms with Gasteiger partial charge in [0.2, 0.25) is 5.91 Å². The summed E-state index contributed by atoms with van der Waals surface area (Å²) in [6.45, 7) is 0.986. The number of benzene rings is 1. The summed E-state index contributed by atoms with van der Waals surface area (Å²) in [7, 11) is 0. The number of thioether (sulfide) groups is 1. The van der Waals surface area contributed by atoms with E-state index in [2.05, 4.69) is 0 Å². The van der Waals surface area contributed by atoms with Gasteiger partial charge in [-0.1, -0.05) is 0 Å². The minimum Gasteiger partial charge on any atom is -0.461 e. The fourth-order valence-electron chi connectivity index (χ4n) is 2.80. The van der Waals surface area contributed by atoms with Crippen LogP contribution < -0.4 is 5.73 Å². The maximum absolute atomic E-state index is 12.7. The topological polar surface area (TPSA) is 142 Å². The van der Waals surface area contributed by atoms with Crippen LogP contribution in [0.5, 0.6) is 0 Å². The van der Waals surface area contributed by atoms with Gasteiger partial charge in [-0.3, -0.25) is 24.6 Å². The molecule has 3 rings (SSSR count). The molecule has 10 nitrogen and oxygen atoms in total. The van der Waals surface area contributed by atoms with Crippen LogP contribution in [0.4, 0.5) is 5.69 Å². The number of carbonyl (C=O) groups excluding carboxylic acids is 3. The summed E-state index contributed by atoms with van der Waals surface area (Å²) in [6.07, 6.45) is 0. The Morgan fingerprint density at radius 3 is 2.57 bits per heavy atom. The lowest BCUT2D eigenvalue weighted by molar-refractivity contribution is -0.384. The van der Waals surface area contributed by atoms with Gasteiger partial charge in [-0.25, -0.2) is 4.79 Å². The minimum atomic E-state index is -0.744. The van der Waals surface area contributed by atoms with Crippen molar-refractivity contribution in [2.24, 2.45) is 5.73 Å². The van der Waals surface area contributed by atoms with E-state index in [-0.39, 0.29) is 30.0 Å². The van der Waals surface area contributed by atoms with Crippen molar-refractivity contribution in [3.63, 3.8) is 0 Å². The van der Waals surface area contributed by atoms with Crippen molar-refractivity contribution >= 4 is 35.3 Å². The lowest BCUT2D eigenvalue weighted by atomic mass is 10.0. The average Bonchev–Trinajstić information content (AvgIpc) is 2.69. The molecule has 1 fully saturated rings. The van der Waals surface area contributed by atoms with Gasteiger partial charge in [0.25, 0.3) is 5.69 Å². The van der Waals surface area contributed by atoms with E-state index in [1.54, 1.807) is 0 Å². The molecule has 2 N–H and O–H groups in total. The Labute approximate surface area is 163 Å². The molecule has 2 aliphatic rings. The molecular formula is C17H17N3O7S. The number of nitrogens with zero attached hydrogens (tertiary/aromatic N) is 2. The second kappa shape index (κ2) is 7.98. The third kappa shape index (κ3) is 3.85.